The van der Waals surface area contributed by atoms with Crippen LogP contribution in [0.2, 0.25) is 0 Å². The standard InChI is InChI=1S/C11H15BrN2O2S/c12-9-1-2-10(14-6-9)5-11(7-13)3-4-17(15,16)8-11/h1-2,6H,3-5,7-8,13H2. The molecule has 17 heavy (non-hydrogen) atoms. The molecule has 0 aromatic carbocycles. The van der Waals surface area contributed by atoms with Gasteiger partial charge in [0.15, 0.2) is 9.84 Å². The topological polar surface area (TPSA) is 73.0 Å². The van der Waals surface area contributed by atoms with E-state index in [1.165, 1.54) is 0 Å². The summed E-state index contributed by atoms with van der Waals surface area (Å²) in [5.41, 5.74) is 6.35. The van der Waals surface area contributed by atoms with E-state index in [2.05, 4.69) is 20.9 Å². The van der Waals surface area contributed by atoms with Crippen LogP contribution in [0.5, 0.6) is 0 Å². The predicted octanol–water partition coefficient (Wildman–Crippen LogP) is 1.15. The minimum absolute atomic E-state index is 0.189. The molecule has 0 aliphatic carbocycles. The van der Waals surface area contributed by atoms with Crippen molar-refractivity contribution < 1.29 is 8.42 Å². The summed E-state index contributed by atoms with van der Waals surface area (Å²) in [6, 6.07) is 3.82. The molecule has 1 saturated heterocycles. The molecule has 0 bridgehead atoms. The molecule has 2 N–H and O–H groups in total. The lowest BCUT2D eigenvalue weighted by atomic mass is 9.83. The summed E-state index contributed by atoms with van der Waals surface area (Å²) in [5, 5.41) is 0. The highest BCUT2D eigenvalue weighted by molar-refractivity contribution is 9.10. The second kappa shape index (κ2) is 4.66. The van der Waals surface area contributed by atoms with Crippen molar-refractivity contribution in [3.63, 3.8) is 0 Å². The van der Waals surface area contributed by atoms with Gasteiger partial charge in [-0.2, -0.15) is 0 Å². The average Bonchev–Trinajstić information content (AvgIpc) is 2.59. The van der Waals surface area contributed by atoms with Crippen molar-refractivity contribution in [2.45, 2.75) is 12.8 Å². The third-order valence-corrected chi connectivity index (χ3v) is 5.59. The Kier molecular flexibility index (Phi) is 3.56. The van der Waals surface area contributed by atoms with E-state index in [4.69, 9.17) is 5.73 Å². The van der Waals surface area contributed by atoms with Crippen molar-refractivity contribution in [2.24, 2.45) is 11.1 Å². The Morgan fingerprint density at radius 2 is 2.24 bits per heavy atom. The fourth-order valence-electron chi connectivity index (χ4n) is 2.25. The summed E-state index contributed by atoms with van der Waals surface area (Å²) in [6.07, 6.45) is 3.00. The second-order valence-electron chi connectivity index (χ2n) is 4.69. The SMILES string of the molecule is NCC1(Cc2ccc(Br)cn2)CCS(=O)(=O)C1. The maximum absolute atomic E-state index is 11.6. The summed E-state index contributed by atoms with van der Waals surface area (Å²) in [6.45, 7) is 0.393. The van der Waals surface area contributed by atoms with Crippen LogP contribution in [0, 0.1) is 5.41 Å². The molecule has 1 fully saturated rings. The number of sulfone groups is 1. The molecule has 2 heterocycles. The van der Waals surface area contributed by atoms with Crippen LogP contribution < -0.4 is 5.73 Å². The molecular weight excluding hydrogens is 304 g/mol. The lowest BCUT2D eigenvalue weighted by Gasteiger charge is -2.25. The number of nitrogens with zero attached hydrogens (tertiary/aromatic N) is 1. The highest BCUT2D eigenvalue weighted by atomic mass is 79.9. The van der Waals surface area contributed by atoms with Gasteiger partial charge in [-0.1, -0.05) is 0 Å². The Balaban J connectivity index is 2.18. The Morgan fingerprint density at radius 3 is 2.71 bits per heavy atom. The number of rotatable bonds is 3. The molecule has 0 amide bonds. The van der Waals surface area contributed by atoms with Crippen molar-refractivity contribution in [3.05, 3.63) is 28.5 Å². The van der Waals surface area contributed by atoms with Gasteiger partial charge in [-0.25, -0.2) is 8.42 Å². The molecule has 0 spiro atoms. The third kappa shape index (κ3) is 3.05. The minimum atomic E-state index is -2.91. The molecule has 1 unspecified atom stereocenters. The molecule has 1 atom stereocenters. The summed E-state index contributed by atoms with van der Waals surface area (Å²) >= 11 is 3.32. The van der Waals surface area contributed by atoms with Gasteiger partial charge in [0.1, 0.15) is 0 Å². The van der Waals surface area contributed by atoms with E-state index < -0.39 is 9.84 Å². The Bertz CT molecular complexity index is 501. The first kappa shape index (κ1) is 13.0. The molecule has 94 valence electrons. The molecule has 4 nitrogen and oxygen atoms in total. The van der Waals surface area contributed by atoms with Crippen LogP contribution >= 0.6 is 15.9 Å². The molecule has 1 aliphatic heterocycles. The number of halogens is 1. The number of pyridine rings is 1. The van der Waals surface area contributed by atoms with Crippen LogP contribution in [0.4, 0.5) is 0 Å². The fraction of sp³-hybridized carbons (Fsp3) is 0.545. The zero-order chi connectivity index (χ0) is 12.5. The summed E-state index contributed by atoms with van der Waals surface area (Å²) in [7, 11) is -2.91. The van der Waals surface area contributed by atoms with Gasteiger partial charge in [-0.05, 0) is 47.4 Å². The van der Waals surface area contributed by atoms with E-state index in [-0.39, 0.29) is 16.9 Å². The van der Waals surface area contributed by atoms with Gasteiger partial charge >= 0.3 is 0 Å². The van der Waals surface area contributed by atoms with E-state index in [9.17, 15) is 8.42 Å². The second-order valence-corrected chi connectivity index (χ2v) is 7.79. The highest BCUT2D eigenvalue weighted by Gasteiger charge is 2.41. The normalized spacial score (nSPS) is 27.2. The molecule has 1 aliphatic rings. The van der Waals surface area contributed by atoms with Gasteiger partial charge in [0.2, 0.25) is 0 Å². The molecule has 0 radical (unpaired) electrons. The molecular formula is C11H15BrN2O2S. The fourth-order valence-corrected chi connectivity index (χ4v) is 4.67. The summed E-state index contributed by atoms with van der Waals surface area (Å²) in [5.74, 6) is 0.439. The maximum atomic E-state index is 11.6. The van der Waals surface area contributed by atoms with Crippen LogP contribution in [-0.4, -0.2) is 31.5 Å². The smallest absolute Gasteiger partial charge is 0.150 e. The van der Waals surface area contributed by atoms with E-state index in [1.807, 2.05) is 12.1 Å². The minimum Gasteiger partial charge on any atom is -0.330 e. The number of nitrogens with two attached hydrogens (primary N) is 1. The first-order chi connectivity index (χ1) is 7.95. The van der Waals surface area contributed by atoms with Gasteiger partial charge in [0, 0.05) is 21.8 Å². The Morgan fingerprint density at radius 1 is 1.47 bits per heavy atom. The van der Waals surface area contributed by atoms with Crippen molar-refractivity contribution >= 4 is 25.8 Å². The third-order valence-electron chi connectivity index (χ3n) is 3.25. The average molecular weight is 319 g/mol. The van der Waals surface area contributed by atoms with Crippen LogP contribution in [0.3, 0.4) is 0 Å². The lowest BCUT2D eigenvalue weighted by Crippen LogP contribution is -2.34. The highest BCUT2D eigenvalue weighted by Crippen LogP contribution is 2.34. The zero-order valence-corrected chi connectivity index (χ0v) is 11.8. The van der Waals surface area contributed by atoms with Crippen molar-refractivity contribution in [1.29, 1.82) is 0 Å². The molecule has 0 saturated carbocycles. The van der Waals surface area contributed by atoms with Gasteiger partial charge in [0.25, 0.3) is 0 Å². The van der Waals surface area contributed by atoms with Gasteiger partial charge in [-0.15, -0.1) is 0 Å². The van der Waals surface area contributed by atoms with Gasteiger partial charge in [-0.3, -0.25) is 4.98 Å². The quantitative estimate of drug-likeness (QED) is 0.907. The van der Waals surface area contributed by atoms with Crippen molar-refractivity contribution in [3.8, 4) is 0 Å². The van der Waals surface area contributed by atoms with E-state index in [0.29, 0.717) is 19.4 Å². The van der Waals surface area contributed by atoms with Gasteiger partial charge in [0.05, 0.1) is 11.5 Å². The van der Waals surface area contributed by atoms with Crippen LogP contribution in [-0.2, 0) is 16.3 Å². The van der Waals surface area contributed by atoms with Crippen molar-refractivity contribution in [1.82, 2.24) is 4.98 Å². The van der Waals surface area contributed by atoms with Gasteiger partial charge < -0.3 is 5.73 Å². The van der Waals surface area contributed by atoms with E-state index >= 15 is 0 Å². The Labute approximate surface area is 110 Å². The maximum Gasteiger partial charge on any atom is 0.150 e. The number of hydrogen-bond acceptors (Lipinski definition) is 4. The Hall–Kier alpha value is -0.460. The molecule has 6 heteroatoms. The molecule has 2 rings (SSSR count). The number of hydrogen-bond donors (Lipinski definition) is 1. The summed E-state index contributed by atoms with van der Waals surface area (Å²) < 4.78 is 24.1. The van der Waals surface area contributed by atoms with Crippen LogP contribution in [0.1, 0.15) is 12.1 Å². The predicted molar refractivity (Wildman–Crippen MR) is 70.4 cm³/mol. The van der Waals surface area contributed by atoms with E-state index in [1.54, 1.807) is 6.20 Å². The zero-order valence-electron chi connectivity index (χ0n) is 9.39. The first-order valence-electron chi connectivity index (χ1n) is 5.46. The lowest BCUT2D eigenvalue weighted by molar-refractivity contribution is 0.341. The molecule has 1 aromatic heterocycles. The monoisotopic (exact) mass is 318 g/mol. The van der Waals surface area contributed by atoms with Crippen molar-refractivity contribution in [2.75, 3.05) is 18.1 Å². The van der Waals surface area contributed by atoms with Crippen LogP contribution in [0.25, 0.3) is 0 Å². The first-order valence-corrected chi connectivity index (χ1v) is 8.07. The molecule has 1 aromatic rings. The summed E-state index contributed by atoms with van der Waals surface area (Å²) in [4.78, 5) is 4.29. The number of aromatic nitrogens is 1. The largest absolute Gasteiger partial charge is 0.330 e. The van der Waals surface area contributed by atoms with Crippen LogP contribution in [0.15, 0.2) is 22.8 Å². The van der Waals surface area contributed by atoms with E-state index in [0.717, 1.165) is 10.2 Å².